The van der Waals surface area contributed by atoms with E-state index in [1.807, 2.05) is 24.3 Å². The van der Waals surface area contributed by atoms with Gasteiger partial charge in [0.05, 0.1) is 5.69 Å². The smallest absolute Gasteiger partial charge is 0.0633 e. The molecule has 0 amide bonds. The van der Waals surface area contributed by atoms with E-state index < -0.39 is 0 Å². The van der Waals surface area contributed by atoms with Crippen molar-refractivity contribution >= 4 is 18.1 Å². The van der Waals surface area contributed by atoms with E-state index in [-0.39, 0.29) is 12.4 Å². The summed E-state index contributed by atoms with van der Waals surface area (Å²) in [5, 5.41) is 8.60. The number of nitrogens with one attached hydrogen (secondary N) is 1. The van der Waals surface area contributed by atoms with E-state index in [4.69, 9.17) is 5.21 Å². The molecule has 1 aromatic carbocycles. The van der Waals surface area contributed by atoms with Crippen molar-refractivity contribution in [3.63, 3.8) is 0 Å². The SMILES string of the molecule is CCc1ccccc1NO.Cl. The van der Waals surface area contributed by atoms with Crippen LogP contribution in [0, 0.1) is 0 Å². The molecular formula is C8H12ClNO. The predicted octanol–water partition coefficient (Wildman–Crippen LogP) is 2.47. The lowest BCUT2D eigenvalue weighted by Crippen LogP contribution is -1.93. The third-order valence-electron chi connectivity index (χ3n) is 1.52. The summed E-state index contributed by atoms with van der Waals surface area (Å²) in [7, 11) is 0. The van der Waals surface area contributed by atoms with Gasteiger partial charge >= 0.3 is 0 Å². The van der Waals surface area contributed by atoms with Crippen molar-refractivity contribution in [3.05, 3.63) is 29.8 Å². The summed E-state index contributed by atoms with van der Waals surface area (Å²) in [4.78, 5) is 0. The molecule has 2 nitrogen and oxygen atoms in total. The molecule has 0 bridgehead atoms. The third kappa shape index (κ3) is 2.41. The van der Waals surface area contributed by atoms with Gasteiger partial charge in [0, 0.05) is 0 Å². The topological polar surface area (TPSA) is 32.3 Å². The molecule has 0 heterocycles. The standard InChI is InChI=1S/C8H11NO.ClH/c1-2-7-5-3-4-6-8(7)9-10;/h3-6,9-10H,2H2,1H3;1H. The summed E-state index contributed by atoms with van der Waals surface area (Å²) in [6.07, 6.45) is 0.934. The molecule has 1 aromatic rings. The Morgan fingerprint density at radius 2 is 2.00 bits per heavy atom. The van der Waals surface area contributed by atoms with Crippen LogP contribution in [0.1, 0.15) is 12.5 Å². The van der Waals surface area contributed by atoms with Gasteiger partial charge in [-0.15, -0.1) is 12.4 Å². The van der Waals surface area contributed by atoms with Crippen LogP contribution in [0.5, 0.6) is 0 Å². The Kier molecular flexibility index (Phi) is 4.66. The maximum atomic E-state index is 8.60. The zero-order valence-electron chi connectivity index (χ0n) is 6.37. The number of rotatable bonds is 2. The lowest BCUT2D eigenvalue weighted by Gasteiger charge is -2.03. The second kappa shape index (κ2) is 4.99. The average Bonchev–Trinajstić information content (AvgIpc) is 2.04. The molecule has 0 radical (unpaired) electrons. The van der Waals surface area contributed by atoms with Crippen LogP contribution < -0.4 is 5.48 Å². The van der Waals surface area contributed by atoms with Gasteiger partial charge in [-0.1, -0.05) is 25.1 Å². The Morgan fingerprint density at radius 1 is 1.36 bits per heavy atom. The summed E-state index contributed by atoms with van der Waals surface area (Å²) in [5.74, 6) is 0. The van der Waals surface area contributed by atoms with Crippen LogP contribution in [-0.2, 0) is 6.42 Å². The molecule has 0 aliphatic carbocycles. The van der Waals surface area contributed by atoms with Crippen molar-refractivity contribution in [2.45, 2.75) is 13.3 Å². The predicted molar refractivity (Wildman–Crippen MR) is 48.5 cm³/mol. The average molecular weight is 174 g/mol. The molecule has 0 atom stereocenters. The van der Waals surface area contributed by atoms with Crippen LogP contribution in [0.25, 0.3) is 0 Å². The number of hydrogen-bond acceptors (Lipinski definition) is 2. The van der Waals surface area contributed by atoms with E-state index in [1.165, 1.54) is 0 Å². The fraction of sp³-hybridized carbons (Fsp3) is 0.250. The highest BCUT2D eigenvalue weighted by molar-refractivity contribution is 5.85. The van der Waals surface area contributed by atoms with Gasteiger partial charge in [-0.05, 0) is 18.1 Å². The van der Waals surface area contributed by atoms with Gasteiger partial charge in [-0.2, -0.15) is 0 Å². The molecule has 1 rings (SSSR count). The molecule has 11 heavy (non-hydrogen) atoms. The van der Waals surface area contributed by atoms with Crippen molar-refractivity contribution in [3.8, 4) is 0 Å². The van der Waals surface area contributed by atoms with Crippen LogP contribution in [0.4, 0.5) is 5.69 Å². The van der Waals surface area contributed by atoms with Crippen LogP contribution >= 0.6 is 12.4 Å². The first-order chi connectivity index (χ1) is 4.88. The highest BCUT2D eigenvalue weighted by atomic mass is 35.5. The molecule has 0 unspecified atom stereocenters. The van der Waals surface area contributed by atoms with E-state index in [0.717, 1.165) is 17.7 Å². The lowest BCUT2D eigenvalue weighted by atomic mass is 10.1. The molecule has 3 heteroatoms. The van der Waals surface area contributed by atoms with Gasteiger partial charge < -0.3 is 0 Å². The first-order valence-corrected chi connectivity index (χ1v) is 3.36. The van der Waals surface area contributed by atoms with Crippen LogP contribution in [-0.4, -0.2) is 5.21 Å². The second-order valence-corrected chi connectivity index (χ2v) is 2.12. The number of anilines is 1. The van der Waals surface area contributed by atoms with Gasteiger partial charge in [0.1, 0.15) is 0 Å². The van der Waals surface area contributed by atoms with Crippen molar-refractivity contribution < 1.29 is 5.21 Å². The molecule has 0 aliphatic rings. The minimum Gasteiger partial charge on any atom is -0.291 e. The molecule has 0 aromatic heterocycles. The summed E-state index contributed by atoms with van der Waals surface area (Å²) in [6, 6.07) is 7.68. The second-order valence-electron chi connectivity index (χ2n) is 2.12. The Balaban J connectivity index is 0.000001000. The zero-order valence-corrected chi connectivity index (χ0v) is 7.19. The molecule has 0 fully saturated rings. The molecule has 0 spiro atoms. The van der Waals surface area contributed by atoms with E-state index in [9.17, 15) is 0 Å². The molecule has 0 saturated carbocycles. The summed E-state index contributed by atoms with van der Waals surface area (Å²) in [6.45, 7) is 2.05. The Bertz CT molecular complexity index is 192. The summed E-state index contributed by atoms with van der Waals surface area (Å²) >= 11 is 0. The lowest BCUT2D eigenvalue weighted by molar-refractivity contribution is 0.388. The largest absolute Gasteiger partial charge is 0.291 e. The highest BCUT2D eigenvalue weighted by Crippen LogP contribution is 2.13. The van der Waals surface area contributed by atoms with Crippen molar-refractivity contribution in [1.82, 2.24) is 0 Å². The quantitative estimate of drug-likeness (QED) is 0.674. The summed E-state index contributed by atoms with van der Waals surface area (Å²) < 4.78 is 0. The third-order valence-corrected chi connectivity index (χ3v) is 1.52. The van der Waals surface area contributed by atoms with E-state index in [0.29, 0.717) is 0 Å². The van der Waals surface area contributed by atoms with Gasteiger partial charge in [-0.25, -0.2) is 0 Å². The Labute approximate surface area is 72.6 Å². The van der Waals surface area contributed by atoms with Crippen molar-refractivity contribution in [1.29, 1.82) is 0 Å². The van der Waals surface area contributed by atoms with Crippen LogP contribution in [0.3, 0.4) is 0 Å². The molecule has 0 aliphatic heterocycles. The fourth-order valence-electron chi connectivity index (χ4n) is 0.938. The Hall–Kier alpha value is -0.730. The first-order valence-electron chi connectivity index (χ1n) is 3.36. The molecule has 2 N–H and O–H groups in total. The van der Waals surface area contributed by atoms with Crippen molar-refractivity contribution in [2.75, 3.05) is 5.48 Å². The maximum Gasteiger partial charge on any atom is 0.0633 e. The zero-order chi connectivity index (χ0) is 7.40. The van der Waals surface area contributed by atoms with Crippen LogP contribution in [0.2, 0.25) is 0 Å². The van der Waals surface area contributed by atoms with E-state index in [2.05, 4.69) is 12.4 Å². The fourth-order valence-corrected chi connectivity index (χ4v) is 0.938. The maximum absolute atomic E-state index is 8.60. The number of benzene rings is 1. The monoisotopic (exact) mass is 173 g/mol. The van der Waals surface area contributed by atoms with Gasteiger partial charge in [0.15, 0.2) is 0 Å². The molecular weight excluding hydrogens is 162 g/mol. The number of aryl methyl sites for hydroxylation is 1. The molecule has 62 valence electrons. The number of halogens is 1. The Morgan fingerprint density at radius 3 is 2.45 bits per heavy atom. The first kappa shape index (κ1) is 10.3. The van der Waals surface area contributed by atoms with E-state index in [1.54, 1.807) is 0 Å². The van der Waals surface area contributed by atoms with Crippen LogP contribution in [0.15, 0.2) is 24.3 Å². The van der Waals surface area contributed by atoms with E-state index >= 15 is 0 Å². The van der Waals surface area contributed by atoms with Gasteiger partial charge in [0.25, 0.3) is 0 Å². The minimum atomic E-state index is 0. The molecule has 0 saturated heterocycles. The normalized spacial score (nSPS) is 8.55. The highest BCUT2D eigenvalue weighted by Gasteiger charge is 1.94. The van der Waals surface area contributed by atoms with Crippen molar-refractivity contribution in [2.24, 2.45) is 0 Å². The summed E-state index contributed by atoms with van der Waals surface area (Å²) in [5.41, 5.74) is 4.07. The van der Waals surface area contributed by atoms with Gasteiger partial charge in [0.2, 0.25) is 0 Å². The number of para-hydroxylation sites is 1. The minimum absolute atomic E-state index is 0. The van der Waals surface area contributed by atoms with Gasteiger partial charge in [-0.3, -0.25) is 10.7 Å². The number of hydrogen-bond donors (Lipinski definition) is 2.